The summed E-state index contributed by atoms with van der Waals surface area (Å²) in [6, 6.07) is 0.00381. The fraction of sp³-hybridized carbons (Fsp3) is 0.857. The van der Waals surface area contributed by atoms with E-state index in [1.54, 1.807) is 0 Å². The van der Waals surface area contributed by atoms with E-state index in [-0.39, 0.29) is 17.5 Å². The summed E-state index contributed by atoms with van der Waals surface area (Å²) >= 11 is 5.96. The molecule has 1 aliphatic heterocycles. The van der Waals surface area contributed by atoms with Gasteiger partial charge in [-0.2, -0.15) is 0 Å². The summed E-state index contributed by atoms with van der Waals surface area (Å²) in [5, 5.41) is 2.65. The van der Waals surface area contributed by atoms with Gasteiger partial charge in [-0.3, -0.25) is 0 Å². The van der Waals surface area contributed by atoms with E-state index in [9.17, 15) is 4.79 Å². The smallest absolute Gasteiger partial charge is 0.407 e. The van der Waals surface area contributed by atoms with Gasteiger partial charge in [0.15, 0.2) is 0 Å². The highest BCUT2D eigenvalue weighted by Gasteiger charge is 2.27. The van der Waals surface area contributed by atoms with Crippen LogP contribution in [-0.4, -0.2) is 24.1 Å². The van der Waals surface area contributed by atoms with Crippen LogP contribution in [0.1, 0.15) is 19.8 Å². The molecule has 0 aromatic heterocycles. The van der Waals surface area contributed by atoms with Crippen LogP contribution in [0.15, 0.2) is 0 Å². The van der Waals surface area contributed by atoms with Crippen LogP contribution in [0.5, 0.6) is 0 Å². The minimum Gasteiger partial charge on any atom is -0.447 e. The number of halogens is 1. The molecule has 0 saturated carbocycles. The first-order chi connectivity index (χ1) is 5.24. The zero-order chi connectivity index (χ0) is 8.27. The van der Waals surface area contributed by atoms with E-state index in [4.69, 9.17) is 16.3 Å². The Bertz CT molecular complexity index is 151. The number of carbonyl (C=O) groups excluding carboxylic acids is 1. The molecule has 0 aliphatic carbocycles. The second-order valence-corrected chi connectivity index (χ2v) is 3.21. The van der Waals surface area contributed by atoms with Gasteiger partial charge in [0.2, 0.25) is 0 Å². The summed E-state index contributed by atoms with van der Waals surface area (Å²) in [6.45, 7) is 2.47. The van der Waals surface area contributed by atoms with Gasteiger partial charge in [0.1, 0.15) is 6.61 Å². The summed E-state index contributed by atoms with van der Waals surface area (Å²) < 4.78 is 4.70. The van der Waals surface area contributed by atoms with Crippen molar-refractivity contribution in [1.82, 2.24) is 5.32 Å². The van der Waals surface area contributed by atoms with Gasteiger partial charge in [0, 0.05) is 0 Å². The summed E-state index contributed by atoms with van der Waals surface area (Å²) in [4.78, 5) is 10.6. The molecule has 11 heavy (non-hydrogen) atoms. The summed E-state index contributed by atoms with van der Waals surface area (Å²) in [5.41, 5.74) is 0. The maximum atomic E-state index is 10.6. The maximum absolute atomic E-state index is 10.6. The van der Waals surface area contributed by atoms with E-state index in [1.807, 2.05) is 0 Å². The van der Waals surface area contributed by atoms with Gasteiger partial charge in [-0.05, 0) is 6.42 Å². The molecular weight excluding hydrogens is 166 g/mol. The second kappa shape index (κ2) is 3.81. The van der Waals surface area contributed by atoms with E-state index in [0.717, 1.165) is 12.8 Å². The Morgan fingerprint density at radius 2 is 2.64 bits per heavy atom. The van der Waals surface area contributed by atoms with Crippen LogP contribution in [0, 0.1) is 0 Å². The molecule has 0 aromatic rings. The molecule has 1 saturated heterocycles. The highest BCUT2D eigenvalue weighted by molar-refractivity contribution is 6.21. The molecule has 1 heterocycles. The zero-order valence-electron chi connectivity index (χ0n) is 6.47. The molecule has 1 N–H and O–H groups in total. The molecule has 64 valence electrons. The Labute approximate surface area is 71.1 Å². The SMILES string of the molecule is CCCC(Cl)C1COC(=O)N1. The molecule has 0 radical (unpaired) electrons. The van der Waals surface area contributed by atoms with Crippen molar-refractivity contribution in [2.24, 2.45) is 0 Å². The molecular formula is C7H12ClNO2. The van der Waals surface area contributed by atoms with Crippen LogP contribution in [-0.2, 0) is 4.74 Å². The summed E-state index contributed by atoms with van der Waals surface area (Å²) in [5.74, 6) is 0. The number of rotatable bonds is 3. The predicted molar refractivity (Wildman–Crippen MR) is 42.8 cm³/mol. The minimum absolute atomic E-state index is 0.00381. The lowest BCUT2D eigenvalue weighted by molar-refractivity contribution is 0.176. The minimum atomic E-state index is -0.350. The van der Waals surface area contributed by atoms with Crippen LogP contribution in [0.25, 0.3) is 0 Å². The van der Waals surface area contributed by atoms with Gasteiger partial charge in [-0.25, -0.2) is 4.79 Å². The maximum Gasteiger partial charge on any atom is 0.407 e. The van der Waals surface area contributed by atoms with Gasteiger partial charge in [0.05, 0.1) is 11.4 Å². The van der Waals surface area contributed by atoms with E-state index < -0.39 is 0 Å². The topological polar surface area (TPSA) is 38.3 Å². The number of ether oxygens (including phenoxy) is 1. The van der Waals surface area contributed by atoms with Crippen LogP contribution in [0.3, 0.4) is 0 Å². The average molecular weight is 178 g/mol. The molecule has 0 spiro atoms. The Morgan fingerprint density at radius 3 is 3.09 bits per heavy atom. The van der Waals surface area contributed by atoms with Gasteiger partial charge in [-0.15, -0.1) is 11.6 Å². The first-order valence-corrected chi connectivity index (χ1v) is 4.25. The monoisotopic (exact) mass is 177 g/mol. The molecule has 2 atom stereocenters. The lowest BCUT2D eigenvalue weighted by atomic mass is 10.1. The van der Waals surface area contributed by atoms with Gasteiger partial charge in [0.25, 0.3) is 0 Å². The summed E-state index contributed by atoms with van der Waals surface area (Å²) in [6.07, 6.45) is 1.59. The number of hydrogen-bond donors (Lipinski definition) is 1. The average Bonchev–Trinajstić information content (AvgIpc) is 2.36. The van der Waals surface area contributed by atoms with Crippen molar-refractivity contribution in [3.05, 3.63) is 0 Å². The lowest BCUT2D eigenvalue weighted by Gasteiger charge is -2.12. The fourth-order valence-electron chi connectivity index (χ4n) is 1.07. The standard InChI is InChI=1S/C7H12ClNO2/c1-2-3-5(8)6-4-11-7(10)9-6/h5-6H,2-4H2,1H3,(H,9,10). The third kappa shape index (κ3) is 2.26. The van der Waals surface area contributed by atoms with Crippen molar-refractivity contribution >= 4 is 17.7 Å². The molecule has 0 bridgehead atoms. The third-order valence-electron chi connectivity index (χ3n) is 1.70. The Morgan fingerprint density at radius 1 is 1.91 bits per heavy atom. The normalized spacial score (nSPS) is 26.0. The Balaban J connectivity index is 2.30. The van der Waals surface area contributed by atoms with Gasteiger partial charge >= 0.3 is 6.09 Å². The fourth-order valence-corrected chi connectivity index (χ4v) is 1.43. The van der Waals surface area contributed by atoms with Crippen LogP contribution >= 0.6 is 11.6 Å². The number of alkyl carbamates (subject to hydrolysis) is 1. The van der Waals surface area contributed by atoms with E-state index in [2.05, 4.69) is 12.2 Å². The molecule has 3 nitrogen and oxygen atoms in total. The molecule has 2 unspecified atom stereocenters. The van der Waals surface area contributed by atoms with Gasteiger partial charge in [-0.1, -0.05) is 13.3 Å². The number of carbonyl (C=O) groups is 1. The highest BCUT2D eigenvalue weighted by atomic mass is 35.5. The quantitative estimate of drug-likeness (QED) is 0.664. The van der Waals surface area contributed by atoms with Gasteiger partial charge < -0.3 is 10.1 Å². The van der Waals surface area contributed by atoms with Crippen molar-refractivity contribution in [3.63, 3.8) is 0 Å². The Hall–Kier alpha value is -0.440. The third-order valence-corrected chi connectivity index (χ3v) is 2.22. The number of amides is 1. The zero-order valence-corrected chi connectivity index (χ0v) is 7.23. The van der Waals surface area contributed by atoms with Crippen LogP contribution in [0.2, 0.25) is 0 Å². The largest absolute Gasteiger partial charge is 0.447 e. The van der Waals surface area contributed by atoms with Crippen LogP contribution < -0.4 is 5.32 Å². The molecule has 1 fully saturated rings. The molecule has 0 aromatic carbocycles. The van der Waals surface area contributed by atoms with Crippen molar-refractivity contribution in [3.8, 4) is 0 Å². The molecule has 4 heteroatoms. The molecule has 1 aliphatic rings. The number of cyclic esters (lactones) is 1. The Kier molecular flexibility index (Phi) is 3.00. The number of nitrogens with one attached hydrogen (secondary N) is 1. The number of hydrogen-bond acceptors (Lipinski definition) is 2. The van der Waals surface area contributed by atoms with Crippen molar-refractivity contribution in [2.45, 2.75) is 31.2 Å². The van der Waals surface area contributed by atoms with Crippen molar-refractivity contribution < 1.29 is 9.53 Å². The summed E-state index contributed by atoms with van der Waals surface area (Å²) in [7, 11) is 0. The lowest BCUT2D eigenvalue weighted by Crippen LogP contribution is -2.34. The predicted octanol–water partition coefficient (Wildman–Crippen LogP) is 1.50. The second-order valence-electron chi connectivity index (χ2n) is 2.65. The van der Waals surface area contributed by atoms with E-state index in [1.165, 1.54) is 0 Å². The van der Waals surface area contributed by atoms with E-state index >= 15 is 0 Å². The highest BCUT2D eigenvalue weighted by Crippen LogP contribution is 2.13. The van der Waals surface area contributed by atoms with Crippen LogP contribution in [0.4, 0.5) is 4.79 Å². The first kappa shape index (κ1) is 8.65. The first-order valence-electron chi connectivity index (χ1n) is 3.81. The van der Waals surface area contributed by atoms with E-state index in [0.29, 0.717) is 6.61 Å². The van der Waals surface area contributed by atoms with Crippen molar-refractivity contribution in [2.75, 3.05) is 6.61 Å². The molecule has 1 amide bonds. The number of alkyl halides is 1. The molecule has 1 rings (SSSR count). The van der Waals surface area contributed by atoms with Crippen molar-refractivity contribution in [1.29, 1.82) is 0 Å².